The quantitative estimate of drug-likeness (QED) is 0.742. The zero-order valence-electron chi connectivity index (χ0n) is 17.7. The third kappa shape index (κ3) is 4.00. The van der Waals surface area contributed by atoms with Gasteiger partial charge in [0.25, 0.3) is 0 Å². The van der Waals surface area contributed by atoms with Gasteiger partial charge in [0.2, 0.25) is 5.91 Å². The van der Waals surface area contributed by atoms with Crippen LogP contribution in [0.3, 0.4) is 0 Å². The fourth-order valence-corrected chi connectivity index (χ4v) is 4.06. The van der Waals surface area contributed by atoms with E-state index in [9.17, 15) is 4.79 Å². The molecule has 1 saturated heterocycles. The van der Waals surface area contributed by atoms with E-state index in [1.54, 1.807) is 0 Å². The molecule has 0 radical (unpaired) electrons. The lowest BCUT2D eigenvalue weighted by molar-refractivity contribution is -0.135. The first-order valence-corrected chi connectivity index (χ1v) is 10.4. The zero-order chi connectivity index (χ0) is 20.5. The Balaban J connectivity index is 1.66. The number of carbonyl (C=O) groups is 1. The van der Waals surface area contributed by atoms with Crippen LogP contribution in [0.2, 0.25) is 0 Å². The standard InChI is InChI=1S/C24H29N3O2/c1-16(2)13-23(28)27-12-11-26(15-18(27)4)24-19-14-17(3)9-10-21(19)29-22-8-6-5-7-20(22)25-24/h5-10,14,16,18H,11-13,15H2,1-4H3. The third-order valence-electron chi connectivity index (χ3n) is 5.52. The van der Waals surface area contributed by atoms with Crippen LogP contribution >= 0.6 is 0 Å². The van der Waals surface area contributed by atoms with Crippen molar-refractivity contribution in [3.8, 4) is 11.5 Å². The van der Waals surface area contributed by atoms with Crippen molar-refractivity contribution >= 4 is 17.4 Å². The molecule has 0 spiro atoms. The molecule has 1 fully saturated rings. The van der Waals surface area contributed by atoms with Gasteiger partial charge in [0, 0.05) is 32.1 Å². The molecule has 2 aliphatic rings. The minimum absolute atomic E-state index is 0.144. The molecular weight excluding hydrogens is 362 g/mol. The number of piperazine rings is 1. The summed E-state index contributed by atoms with van der Waals surface area (Å²) in [5.41, 5.74) is 3.02. The van der Waals surface area contributed by atoms with E-state index < -0.39 is 0 Å². The fraction of sp³-hybridized carbons (Fsp3) is 0.417. The van der Waals surface area contributed by atoms with Gasteiger partial charge in [-0.05, 0) is 44.0 Å². The number of amides is 1. The Kier molecular flexibility index (Phi) is 5.31. The van der Waals surface area contributed by atoms with Gasteiger partial charge in [0.1, 0.15) is 17.3 Å². The summed E-state index contributed by atoms with van der Waals surface area (Å²) >= 11 is 0. The molecule has 1 unspecified atom stereocenters. The highest BCUT2D eigenvalue weighted by atomic mass is 16.5. The van der Waals surface area contributed by atoms with Crippen molar-refractivity contribution in [2.45, 2.75) is 40.2 Å². The Bertz CT molecular complexity index is 951. The molecule has 0 aromatic heterocycles. The summed E-state index contributed by atoms with van der Waals surface area (Å²) in [7, 11) is 0. The summed E-state index contributed by atoms with van der Waals surface area (Å²) in [6, 6.07) is 14.3. The molecule has 0 bridgehead atoms. The van der Waals surface area contributed by atoms with E-state index >= 15 is 0 Å². The van der Waals surface area contributed by atoms with Crippen LogP contribution in [0.15, 0.2) is 47.5 Å². The predicted molar refractivity (Wildman–Crippen MR) is 116 cm³/mol. The summed E-state index contributed by atoms with van der Waals surface area (Å²) in [5.74, 6) is 3.15. The van der Waals surface area contributed by atoms with E-state index in [-0.39, 0.29) is 11.9 Å². The van der Waals surface area contributed by atoms with Gasteiger partial charge in [-0.25, -0.2) is 4.99 Å². The monoisotopic (exact) mass is 391 g/mol. The number of amidine groups is 1. The molecule has 0 N–H and O–H groups in total. The van der Waals surface area contributed by atoms with E-state index in [0.29, 0.717) is 12.3 Å². The second-order valence-corrected chi connectivity index (χ2v) is 8.48. The van der Waals surface area contributed by atoms with Crippen molar-refractivity contribution in [1.29, 1.82) is 0 Å². The molecule has 5 heteroatoms. The molecule has 2 heterocycles. The molecule has 152 valence electrons. The molecular formula is C24H29N3O2. The van der Waals surface area contributed by atoms with Gasteiger partial charge >= 0.3 is 0 Å². The summed E-state index contributed by atoms with van der Waals surface area (Å²) in [4.78, 5) is 22.0. The van der Waals surface area contributed by atoms with E-state index in [1.165, 1.54) is 5.56 Å². The normalized spacial score (nSPS) is 18.5. The lowest BCUT2D eigenvalue weighted by Gasteiger charge is -2.41. The van der Waals surface area contributed by atoms with E-state index in [0.717, 1.165) is 48.2 Å². The van der Waals surface area contributed by atoms with Crippen molar-refractivity contribution < 1.29 is 9.53 Å². The topological polar surface area (TPSA) is 45.1 Å². The number of nitrogens with zero attached hydrogens (tertiary/aromatic N) is 3. The van der Waals surface area contributed by atoms with E-state index in [4.69, 9.17) is 9.73 Å². The highest BCUT2D eigenvalue weighted by molar-refractivity contribution is 6.04. The molecule has 5 nitrogen and oxygen atoms in total. The number of carbonyl (C=O) groups excluding carboxylic acids is 1. The Hall–Kier alpha value is -2.82. The van der Waals surface area contributed by atoms with Crippen molar-refractivity contribution in [3.63, 3.8) is 0 Å². The lowest BCUT2D eigenvalue weighted by atomic mass is 10.1. The van der Waals surface area contributed by atoms with E-state index in [1.807, 2.05) is 35.2 Å². The smallest absolute Gasteiger partial charge is 0.223 e. The first-order valence-electron chi connectivity index (χ1n) is 10.4. The van der Waals surface area contributed by atoms with Crippen LogP contribution in [-0.4, -0.2) is 47.2 Å². The number of rotatable bonds is 2. The fourth-order valence-electron chi connectivity index (χ4n) is 4.06. The van der Waals surface area contributed by atoms with Gasteiger partial charge in [-0.3, -0.25) is 4.79 Å². The number of aliphatic imine (C=N–C) groups is 1. The second-order valence-electron chi connectivity index (χ2n) is 8.48. The molecule has 1 atom stereocenters. The maximum atomic E-state index is 12.6. The Morgan fingerprint density at radius 1 is 1.17 bits per heavy atom. The van der Waals surface area contributed by atoms with E-state index in [2.05, 4.69) is 44.7 Å². The molecule has 29 heavy (non-hydrogen) atoms. The first-order chi connectivity index (χ1) is 13.9. The Morgan fingerprint density at radius 2 is 1.97 bits per heavy atom. The molecule has 0 saturated carbocycles. The summed E-state index contributed by atoms with van der Waals surface area (Å²) < 4.78 is 6.20. The van der Waals surface area contributed by atoms with Crippen LogP contribution in [-0.2, 0) is 4.79 Å². The Labute approximate surface area is 173 Å². The van der Waals surface area contributed by atoms with Crippen LogP contribution in [0.5, 0.6) is 11.5 Å². The minimum Gasteiger partial charge on any atom is -0.454 e. The Morgan fingerprint density at radius 3 is 2.72 bits per heavy atom. The largest absolute Gasteiger partial charge is 0.454 e. The second kappa shape index (κ2) is 7.90. The van der Waals surface area contributed by atoms with Gasteiger partial charge in [0.05, 0.1) is 5.56 Å². The molecule has 4 rings (SSSR count). The van der Waals surface area contributed by atoms with Crippen molar-refractivity contribution in [2.75, 3.05) is 19.6 Å². The number of para-hydroxylation sites is 2. The number of benzene rings is 2. The third-order valence-corrected chi connectivity index (χ3v) is 5.52. The summed E-state index contributed by atoms with van der Waals surface area (Å²) in [6.45, 7) is 10.6. The molecule has 2 aliphatic heterocycles. The van der Waals surface area contributed by atoms with Crippen LogP contribution in [0.4, 0.5) is 5.69 Å². The summed E-state index contributed by atoms with van der Waals surface area (Å²) in [6.07, 6.45) is 0.606. The zero-order valence-corrected chi connectivity index (χ0v) is 17.7. The highest BCUT2D eigenvalue weighted by Gasteiger charge is 2.31. The number of ether oxygens (including phenoxy) is 1. The minimum atomic E-state index is 0.144. The number of hydrogen-bond donors (Lipinski definition) is 0. The lowest BCUT2D eigenvalue weighted by Crippen LogP contribution is -2.55. The average Bonchev–Trinajstić information content (AvgIpc) is 2.83. The first kappa shape index (κ1) is 19.5. The van der Waals surface area contributed by atoms with Crippen LogP contribution < -0.4 is 4.74 Å². The van der Waals surface area contributed by atoms with Gasteiger partial charge < -0.3 is 14.5 Å². The SMILES string of the molecule is Cc1ccc2c(c1)C(N1CCN(C(=O)CC(C)C)C(C)C1)=Nc1ccccc1O2. The molecule has 0 aliphatic carbocycles. The molecule has 2 aromatic carbocycles. The van der Waals surface area contributed by atoms with Crippen molar-refractivity contribution in [3.05, 3.63) is 53.6 Å². The van der Waals surface area contributed by atoms with Crippen LogP contribution in [0, 0.1) is 12.8 Å². The number of fused-ring (bicyclic) bond motifs is 2. The van der Waals surface area contributed by atoms with Gasteiger partial charge in [-0.1, -0.05) is 37.6 Å². The average molecular weight is 392 g/mol. The maximum Gasteiger partial charge on any atom is 0.223 e. The van der Waals surface area contributed by atoms with Gasteiger partial charge in [-0.2, -0.15) is 0 Å². The van der Waals surface area contributed by atoms with Gasteiger partial charge in [-0.15, -0.1) is 0 Å². The van der Waals surface area contributed by atoms with Crippen molar-refractivity contribution in [2.24, 2.45) is 10.9 Å². The van der Waals surface area contributed by atoms with Crippen LogP contribution in [0.25, 0.3) is 0 Å². The molecule has 2 aromatic rings. The molecule has 1 amide bonds. The van der Waals surface area contributed by atoms with Gasteiger partial charge in [0.15, 0.2) is 5.75 Å². The maximum absolute atomic E-state index is 12.6. The number of aryl methyl sites for hydroxylation is 1. The highest BCUT2D eigenvalue weighted by Crippen LogP contribution is 2.38. The summed E-state index contributed by atoms with van der Waals surface area (Å²) in [5, 5.41) is 0. The van der Waals surface area contributed by atoms with Crippen LogP contribution in [0.1, 0.15) is 38.3 Å². The predicted octanol–water partition coefficient (Wildman–Crippen LogP) is 4.76. The number of hydrogen-bond acceptors (Lipinski definition) is 4. The van der Waals surface area contributed by atoms with Crippen molar-refractivity contribution in [1.82, 2.24) is 9.80 Å².